The monoisotopic (exact) mass is 295 g/mol. The molecule has 0 bridgehead atoms. The van der Waals surface area contributed by atoms with Crippen LogP contribution in [0, 0.1) is 0 Å². The van der Waals surface area contributed by atoms with Gasteiger partial charge in [-0.2, -0.15) is 0 Å². The van der Waals surface area contributed by atoms with Crippen LogP contribution in [-0.2, 0) is 0 Å². The Hall–Kier alpha value is -1.84. The maximum atomic E-state index is 10.6. The second kappa shape index (κ2) is 5.41. The first kappa shape index (κ1) is 13.8. The minimum Gasteiger partial charge on any atom is -0.390 e. The zero-order chi connectivity index (χ0) is 15.1. The summed E-state index contributed by atoms with van der Waals surface area (Å²) in [5, 5.41) is 23.3. The van der Waals surface area contributed by atoms with Crippen LogP contribution < -0.4 is 0 Å². The highest BCUT2D eigenvalue weighted by atomic mass is 16.3. The molecule has 1 fully saturated rings. The number of hydrogen-bond acceptors (Lipinski definition) is 2. The highest BCUT2D eigenvalue weighted by Gasteiger charge is 2.31. The Kier molecular flexibility index (Phi) is 3.40. The summed E-state index contributed by atoms with van der Waals surface area (Å²) in [5.74, 6) is 0. The van der Waals surface area contributed by atoms with Gasteiger partial charge in [-0.3, -0.25) is 0 Å². The molecule has 0 saturated heterocycles. The van der Waals surface area contributed by atoms with Gasteiger partial charge in [0.2, 0.25) is 0 Å². The molecule has 3 aromatic rings. The van der Waals surface area contributed by atoms with E-state index in [1.54, 1.807) is 0 Å². The summed E-state index contributed by atoms with van der Waals surface area (Å²) in [6.07, 6.45) is 2.27. The Morgan fingerprint density at radius 2 is 1.32 bits per heavy atom. The molecule has 0 aliphatic heterocycles. The summed E-state index contributed by atoms with van der Waals surface area (Å²) >= 11 is 0. The van der Waals surface area contributed by atoms with Crippen LogP contribution in [0.5, 0.6) is 0 Å². The lowest BCUT2D eigenvalue weighted by Gasteiger charge is -2.27. The van der Waals surface area contributed by atoms with Crippen molar-refractivity contribution in [2.75, 3.05) is 0 Å². The fourth-order valence-electron chi connectivity index (χ4n) is 3.90. The summed E-state index contributed by atoms with van der Waals surface area (Å²) in [7, 11) is 0. The largest absolute Gasteiger partial charge is 0.390 e. The van der Waals surface area contributed by atoms with E-state index in [-0.39, 0.29) is 6.04 Å². The molecule has 2 aromatic carbocycles. The molecule has 1 aliphatic carbocycles. The van der Waals surface area contributed by atoms with Gasteiger partial charge in [-0.25, -0.2) is 0 Å². The van der Waals surface area contributed by atoms with Gasteiger partial charge >= 0.3 is 0 Å². The van der Waals surface area contributed by atoms with Gasteiger partial charge in [-0.15, -0.1) is 0 Å². The van der Waals surface area contributed by atoms with E-state index in [9.17, 15) is 10.2 Å². The molecule has 22 heavy (non-hydrogen) atoms. The molecule has 0 unspecified atom stereocenters. The molecule has 3 heteroatoms. The van der Waals surface area contributed by atoms with Crippen molar-refractivity contribution in [1.29, 1.82) is 0 Å². The summed E-state index contributed by atoms with van der Waals surface area (Å²) in [5.41, 5.74) is 2.28. The van der Waals surface area contributed by atoms with Crippen LogP contribution in [0.3, 0.4) is 0 Å². The highest BCUT2D eigenvalue weighted by molar-refractivity contribution is 6.08. The van der Waals surface area contributed by atoms with E-state index in [2.05, 4.69) is 41.0 Å². The first-order chi connectivity index (χ1) is 10.8. The lowest BCUT2D eigenvalue weighted by molar-refractivity contribution is -0.00892. The first-order valence-electron chi connectivity index (χ1n) is 8.11. The molecule has 114 valence electrons. The second-order valence-electron chi connectivity index (χ2n) is 6.31. The van der Waals surface area contributed by atoms with Gasteiger partial charge in [0, 0.05) is 21.8 Å². The smallest absolute Gasteiger partial charge is 0.101 e. The van der Waals surface area contributed by atoms with E-state index >= 15 is 0 Å². The van der Waals surface area contributed by atoms with Crippen LogP contribution in [0.1, 0.15) is 31.7 Å². The number of fused-ring (bicyclic) bond motifs is 3. The minimum absolute atomic E-state index is 0.0673. The van der Waals surface area contributed by atoms with E-state index in [1.807, 2.05) is 12.1 Å². The molecule has 1 aliphatic rings. The van der Waals surface area contributed by atoms with Gasteiger partial charge in [-0.1, -0.05) is 49.2 Å². The van der Waals surface area contributed by atoms with E-state index in [0.29, 0.717) is 6.42 Å². The molecule has 0 spiro atoms. The molecule has 4 rings (SSSR count). The number of benzene rings is 2. The number of aliphatic hydroxyl groups is 2. The summed E-state index contributed by atoms with van der Waals surface area (Å²) < 4.78 is 2.24. The van der Waals surface area contributed by atoms with Gasteiger partial charge in [0.25, 0.3) is 0 Å². The molecule has 1 heterocycles. The van der Waals surface area contributed by atoms with Crippen LogP contribution in [0.25, 0.3) is 21.8 Å². The Balaban J connectivity index is 1.99. The van der Waals surface area contributed by atoms with E-state index in [4.69, 9.17) is 0 Å². The minimum atomic E-state index is -0.707. The highest BCUT2D eigenvalue weighted by Crippen LogP contribution is 2.37. The fourth-order valence-corrected chi connectivity index (χ4v) is 3.90. The average Bonchev–Trinajstić information content (AvgIpc) is 2.79. The molecule has 1 aromatic heterocycles. The lowest BCUT2D eigenvalue weighted by atomic mass is 10.0. The van der Waals surface area contributed by atoms with Crippen LogP contribution in [0.4, 0.5) is 0 Å². The summed E-state index contributed by atoms with van der Waals surface area (Å²) in [6.45, 7) is 0. The van der Waals surface area contributed by atoms with E-state index < -0.39 is 12.2 Å². The Bertz CT molecular complexity index is 754. The molecular weight excluding hydrogens is 274 g/mol. The van der Waals surface area contributed by atoms with Crippen LogP contribution in [-0.4, -0.2) is 27.0 Å². The van der Waals surface area contributed by atoms with Crippen LogP contribution in [0.15, 0.2) is 48.5 Å². The van der Waals surface area contributed by atoms with Gasteiger partial charge in [0.15, 0.2) is 0 Å². The standard InChI is InChI=1S/C19H21NO2/c21-18-12-6-5-11-17(19(18)22)20-15-9-3-1-7-13(15)14-8-2-4-10-16(14)20/h1-4,7-10,17-19,21-22H,5-6,11-12H2/t17-,18-,19+/m1/s1. The number of rotatable bonds is 1. The number of para-hydroxylation sites is 2. The van der Waals surface area contributed by atoms with Gasteiger partial charge in [0.05, 0.1) is 12.1 Å². The van der Waals surface area contributed by atoms with E-state index in [0.717, 1.165) is 30.3 Å². The first-order valence-corrected chi connectivity index (χ1v) is 8.11. The third kappa shape index (κ3) is 2.04. The normalized spacial score (nSPS) is 26.4. The molecule has 2 N–H and O–H groups in total. The quantitative estimate of drug-likeness (QED) is 0.673. The predicted octanol–water partition coefficient (Wildman–Crippen LogP) is 3.63. The third-order valence-electron chi connectivity index (χ3n) is 4.99. The molecule has 3 atom stereocenters. The number of aliphatic hydroxyl groups excluding tert-OH is 2. The predicted molar refractivity (Wildman–Crippen MR) is 89.0 cm³/mol. The van der Waals surface area contributed by atoms with Crippen molar-refractivity contribution in [3.8, 4) is 0 Å². The third-order valence-corrected chi connectivity index (χ3v) is 4.99. The number of nitrogens with zero attached hydrogens (tertiary/aromatic N) is 1. The van der Waals surface area contributed by atoms with Crippen molar-refractivity contribution in [1.82, 2.24) is 4.57 Å². The molecule has 0 radical (unpaired) electrons. The Morgan fingerprint density at radius 3 is 1.95 bits per heavy atom. The van der Waals surface area contributed by atoms with Gasteiger partial charge < -0.3 is 14.8 Å². The molecule has 3 nitrogen and oxygen atoms in total. The van der Waals surface area contributed by atoms with Crippen molar-refractivity contribution in [3.05, 3.63) is 48.5 Å². The summed E-state index contributed by atoms with van der Waals surface area (Å²) in [6, 6.07) is 16.6. The van der Waals surface area contributed by atoms with Crippen LogP contribution >= 0.6 is 0 Å². The van der Waals surface area contributed by atoms with Crippen molar-refractivity contribution < 1.29 is 10.2 Å². The molecule has 1 saturated carbocycles. The van der Waals surface area contributed by atoms with Gasteiger partial charge in [0.1, 0.15) is 6.10 Å². The average molecular weight is 295 g/mol. The number of aromatic nitrogens is 1. The zero-order valence-corrected chi connectivity index (χ0v) is 12.5. The van der Waals surface area contributed by atoms with Crippen LogP contribution in [0.2, 0.25) is 0 Å². The number of hydrogen-bond donors (Lipinski definition) is 2. The van der Waals surface area contributed by atoms with Crippen molar-refractivity contribution in [3.63, 3.8) is 0 Å². The van der Waals surface area contributed by atoms with Gasteiger partial charge in [-0.05, 0) is 25.0 Å². The topological polar surface area (TPSA) is 45.4 Å². The lowest BCUT2D eigenvalue weighted by Crippen LogP contribution is -2.33. The van der Waals surface area contributed by atoms with Crippen molar-refractivity contribution >= 4 is 21.8 Å². The Labute approximate surface area is 129 Å². The van der Waals surface area contributed by atoms with E-state index in [1.165, 1.54) is 10.8 Å². The SMILES string of the molecule is O[C@@H]1[C@H](O)CCCC[C@H]1n1c2ccccc2c2ccccc21. The molecule has 0 amide bonds. The Morgan fingerprint density at radius 1 is 0.773 bits per heavy atom. The second-order valence-corrected chi connectivity index (χ2v) is 6.31. The zero-order valence-electron chi connectivity index (χ0n) is 12.5. The van der Waals surface area contributed by atoms with Crippen molar-refractivity contribution in [2.45, 2.75) is 43.9 Å². The maximum Gasteiger partial charge on any atom is 0.101 e. The molecular formula is C19H21NO2. The fraction of sp³-hybridized carbons (Fsp3) is 0.368. The summed E-state index contributed by atoms with van der Waals surface area (Å²) in [4.78, 5) is 0. The van der Waals surface area contributed by atoms with Crippen molar-refractivity contribution in [2.24, 2.45) is 0 Å². The maximum absolute atomic E-state index is 10.6.